The molecule has 7 nitrogen and oxygen atoms in total. The molecule has 2 fully saturated rings. The number of nitrogens with one attached hydrogen (secondary N) is 1. The number of aliphatic hydroxyl groups excluding tert-OH is 1. The molecule has 3 heterocycles. The molecule has 2 amide bonds. The van der Waals surface area contributed by atoms with Crippen molar-refractivity contribution in [3.63, 3.8) is 0 Å². The highest BCUT2D eigenvalue weighted by Gasteiger charge is 2.34. The van der Waals surface area contributed by atoms with Crippen molar-refractivity contribution >= 4 is 40.6 Å². The molecular formula is C22H19ClN4O3S. The molecule has 2 aliphatic rings. The molecule has 1 saturated carbocycles. The van der Waals surface area contributed by atoms with Crippen LogP contribution in [0.4, 0.5) is 5.69 Å². The second kappa shape index (κ2) is 8.03. The van der Waals surface area contributed by atoms with Gasteiger partial charge in [-0.15, -0.1) is 0 Å². The normalized spacial score (nSPS) is 16.1. The lowest BCUT2D eigenvalue weighted by Crippen LogP contribution is -2.53. The molecule has 2 N–H and O–H groups in total. The molecule has 0 spiro atoms. The molecule has 0 radical (unpaired) electrons. The lowest BCUT2D eigenvalue weighted by Gasteiger charge is -2.35. The van der Waals surface area contributed by atoms with E-state index in [1.54, 1.807) is 0 Å². The van der Waals surface area contributed by atoms with Crippen molar-refractivity contribution < 1.29 is 14.7 Å². The number of benzene rings is 1. The van der Waals surface area contributed by atoms with Gasteiger partial charge < -0.3 is 15.3 Å². The summed E-state index contributed by atoms with van der Waals surface area (Å²) in [4.78, 5) is 31.6. The van der Waals surface area contributed by atoms with Crippen LogP contribution in [0.25, 0.3) is 11.3 Å². The Morgan fingerprint density at radius 2 is 1.94 bits per heavy atom. The summed E-state index contributed by atoms with van der Waals surface area (Å²) < 4.78 is 4.58. The topological polar surface area (TPSA) is 95.4 Å². The first-order chi connectivity index (χ1) is 15.0. The largest absolute Gasteiger partial charge is 0.389 e. The van der Waals surface area contributed by atoms with Gasteiger partial charge in [-0.05, 0) is 36.4 Å². The number of halogens is 1. The molecule has 0 unspecified atom stereocenters. The molecule has 31 heavy (non-hydrogen) atoms. The van der Waals surface area contributed by atoms with Crippen LogP contribution < -0.4 is 5.32 Å². The van der Waals surface area contributed by atoms with Crippen LogP contribution in [-0.2, 0) is 0 Å². The minimum atomic E-state index is -0.498. The van der Waals surface area contributed by atoms with Crippen LogP contribution in [0.2, 0.25) is 5.02 Å². The molecule has 9 heteroatoms. The lowest BCUT2D eigenvalue weighted by molar-refractivity contribution is 0.00552. The number of nitrogens with zero attached hydrogens (tertiary/aromatic N) is 3. The zero-order valence-electron chi connectivity index (χ0n) is 16.4. The third-order valence-corrected chi connectivity index (χ3v) is 6.57. The van der Waals surface area contributed by atoms with E-state index in [0.29, 0.717) is 16.5 Å². The lowest BCUT2D eigenvalue weighted by atomic mass is 10.0. The first-order valence-corrected chi connectivity index (χ1v) is 11.2. The van der Waals surface area contributed by atoms with Crippen LogP contribution in [-0.4, -0.2) is 50.4 Å². The number of hydrogen-bond donors (Lipinski definition) is 2. The van der Waals surface area contributed by atoms with Gasteiger partial charge in [-0.1, -0.05) is 41.9 Å². The Bertz CT molecular complexity index is 1160. The van der Waals surface area contributed by atoms with Crippen molar-refractivity contribution in [2.24, 2.45) is 0 Å². The molecule has 2 aromatic heterocycles. The summed E-state index contributed by atoms with van der Waals surface area (Å²) >= 11 is 7.45. The Morgan fingerprint density at radius 1 is 1.19 bits per heavy atom. The van der Waals surface area contributed by atoms with Crippen LogP contribution in [0.1, 0.15) is 44.5 Å². The van der Waals surface area contributed by atoms with Gasteiger partial charge in [0.25, 0.3) is 11.8 Å². The van der Waals surface area contributed by atoms with E-state index in [1.807, 2.05) is 30.3 Å². The minimum absolute atomic E-state index is 0.106. The van der Waals surface area contributed by atoms with Crippen molar-refractivity contribution in [2.75, 3.05) is 18.4 Å². The quantitative estimate of drug-likeness (QED) is 0.611. The molecule has 3 aromatic rings. The highest BCUT2D eigenvalue weighted by Crippen LogP contribution is 2.47. The zero-order valence-corrected chi connectivity index (χ0v) is 18.0. The van der Waals surface area contributed by atoms with Crippen molar-refractivity contribution in [1.82, 2.24) is 14.3 Å². The van der Waals surface area contributed by atoms with Crippen LogP contribution in [0.3, 0.4) is 0 Å². The Morgan fingerprint density at radius 3 is 2.58 bits per heavy atom. The van der Waals surface area contributed by atoms with Crippen LogP contribution in [0.15, 0.2) is 42.6 Å². The maximum absolute atomic E-state index is 13.0. The third kappa shape index (κ3) is 3.94. The standard InChI is InChI=1S/C22H19ClN4O3S/c23-16-8-14(9-24-19(16)22(30)27-10-15(28)11-27)25-21(29)20-17(12-6-7-12)18(26-31-20)13-4-2-1-3-5-13/h1-5,8-9,12,15,28H,6-7,10-11H2,(H,25,29). The SMILES string of the molecule is O=C(Nc1cnc(C(=O)N2CC(O)C2)c(Cl)c1)c1snc(-c2ccccc2)c1C1CC1. The van der Waals surface area contributed by atoms with E-state index in [2.05, 4.69) is 14.7 Å². The highest BCUT2D eigenvalue weighted by molar-refractivity contribution is 7.08. The zero-order chi connectivity index (χ0) is 21.5. The Labute approximate surface area is 187 Å². The highest BCUT2D eigenvalue weighted by atomic mass is 35.5. The average Bonchev–Trinajstić information content (AvgIpc) is 3.49. The summed E-state index contributed by atoms with van der Waals surface area (Å²) in [5, 5.41) is 12.4. The second-order valence-corrected chi connectivity index (χ2v) is 8.97. The number of aliphatic hydroxyl groups is 1. The van der Waals surface area contributed by atoms with Crippen molar-refractivity contribution in [2.45, 2.75) is 24.9 Å². The fourth-order valence-electron chi connectivity index (χ4n) is 3.64. The number of β-amino-alcohol motifs (C(OH)–C–C–N with tert-alkyl or cyclic N) is 1. The van der Waals surface area contributed by atoms with Gasteiger partial charge in [0.2, 0.25) is 0 Å². The van der Waals surface area contributed by atoms with E-state index < -0.39 is 6.10 Å². The van der Waals surface area contributed by atoms with Crippen LogP contribution in [0.5, 0.6) is 0 Å². The number of carbonyl (C=O) groups is 2. The number of hydrogen-bond acceptors (Lipinski definition) is 6. The molecule has 1 aliphatic heterocycles. The molecule has 158 valence electrons. The van der Waals surface area contributed by atoms with Gasteiger partial charge in [-0.3, -0.25) is 9.59 Å². The fourth-order valence-corrected chi connectivity index (χ4v) is 4.77. The van der Waals surface area contributed by atoms with Crippen LogP contribution >= 0.6 is 23.1 Å². The number of pyridine rings is 1. The van der Waals surface area contributed by atoms with Crippen LogP contribution in [0, 0.1) is 0 Å². The molecular weight excluding hydrogens is 436 g/mol. The fraction of sp³-hybridized carbons (Fsp3) is 0.273. The Balaban J connectivity index is 1.37. The van der Waals surface area contributed by atoms with Crippen molar-refractivity contribution in [3.8, 4) is 11.3 Å². The number of amides is 2. The second-order valence-electron chi connectivity index (χ2n) is 7.79. The predicted octanol–water partition coefficient (Wildman–Crippen LogP) is 3.80. The molecule has 1 aliphatic carbocycles. The van der Waals surface area contributed by atoms with E-state index in [-0.39, 0.29) is 35.6 Å². The summed E-state index contributed by atoms with van der Waals surface area (Å²) in [7, 11) is 0. The maximum atomic E-state index is 13.0. The van der Waals surface area contributed by atoms with E-state index in [4.69, 9.17) is 11.6 Å². The van der Waals surface area contributed by atoms with Gasteiger partial charge in [0.05, 0.1) is 28.7 Å². The van der Waals surface area contributed by atoms with Gasteiger partial charge in [-0.25, -0.2) is 4.98 Å². The first-order valence-electron chi connectivity index (χ1n) is 10.0. The van der Waals surface area contributed by atoms with E-state index in [9.17, 15) is 14.7 Å². The molecule has 0 atom stereocenters. The Kier molecular flexibility index (Phi) is 5.21. The summed E-state index contributed by atoms with van der Waals surface area (Å²) in [5.74, 6) is -0.244. The molecule has 1 saturated heterocycles. The third-order valence-electron chi connectivity index (χ3n) is 5.42. The van der Waals surface area contributed by atoms with Gasteiger partial charge in [0.15, 0.2) is 0 Å². The number of anilines is 1. The summed E-state index contributed by atoms with van der Waals surface area (Å²) in [6, 6.07) is 11.4. The van der Waals surface area contributed by atoms with Gasteiger partial charge in [-0.2, -0.15) is 4.37 Å². The summed E-state index contributed by atoms with van der Waals surface area (Å²) in [6.45, 7) is 0.544. The minimum Gasteiger partial charge on any atom is -0.389 e. The number of rotatable bonds is 5. The molecule has 0 bridgehead atoms. The van der Waals surface area contributed by atoms with Gasteiger partial charge in [0, 0.05) is 24.2 Å². The van der Waals surface area contributed by atoms with Gasteiger partial charge in [0.1, 0.15) is 10.6 Å². The summed E-state index contributed by atoms with van der Waals surface area (Å²) in [6.07, 6.45) is 3.02. The number of aromatic nitrogens is 2. The molecule has 1 aromatic carbocycles. The van der Waals surface area contributed by atoms with E-state index >= 15 is 0 Å². The Hall–Kier alpha value is -2.81. The monoisotopic (exact) mass is 454 g/mol. The number of carbonyl (C=O) groups excluding carboxylic acids is 2. The predicted molar refractivity (Wildman–Crippen MR) is 119 cm³/mol. The molecule has 5 rings (SSSR count). The smallest absolute Gasteiger partial charge is 0.274 e. The summed E-state index contributed by atoms with van der Waals surface area (Å²) in [5.41, 5.74) is 3.38. The van der Waals surface area contributed by atoms with Gasteiger partial charge >= 0.3 is 0 Å². The van der Waals surface area contributed by atoms with E-state index in [1.165, 1.54) is 28.7 Å². The first kappa shape index (κ1) is 20.1. The van der Waals surface area contributed by atoms with Crippen molar-refractivity contribution in [3.05, 3.63) is 63.8 Å². The maximum Gasteiger partial charge on any atom is 0.274 e. The number of likely N-dealkylation sites (tertiary alicyclic amines) is 1. The van der Waals surface area contributed by atoms with E-state index in [0.717, 1.165) is 29.7 Å². The average molecular weight is 455 g/mol. The van der Waals surface area contributed by atoms with Crippen molar-refractivity contribution in [1.29, 1.82) is 0 Å².